The van der Waals surface area contributed by atoms with Crippen molar-refractivity contribution in [2.45, 2.75) is 6.04 Å². The third-order valence-corrected chi connectivity index (χ3v) is 3.95. The van der Waals surface area contributed by atoms with Crippen LogP contribution in [0.25, 0.3) is 0 Å². The van der Waals surface area contributed by atoms with Crippen LogP contribution in [0.3, 0.4) is 0 Å². The van der Waals surface area contributed by atoms with E-state index in [4.69, 9.17) is 0 Å². The minimum absolute atomic E-state index is 0.270. The van der Waals surface area contributed by atoms with Gasteiger partial charge in [-0.05, 0) is 39.7 Å². The first-order chi connectivity index (χ1) is 11.0. The fourth-order valence-electron chi connectivity index (χ4n) is 2.32. The van der Waals surface area contributed by atoms with Gasteiger partial charge in [-0.2, -0.15) is 0 Å². The van der Waals surface area contributed by atoms with Crippen LogP contribution in [0.1, 0.15) is 27.9 Å². The fourth-order valence-corrected chi connectivity index (χ4v) is 2.66. The Hall–Kier alpha value is -2.41. The average molecular weight is 377 g/mol. The number of rotatable bonds is 4. The van der Waals surface area contributed by atoms with E-state index in [9.17, 15) is 9.18 Å². The van der Waals surface area contributed by atoms with Crippen LogP contribution in [0.15, 0.2) is 53.4 Å². The lowest BCUT2D eigenvalue weighted by atomic mass is 10.1. The van der Waals surface area contributed by atoms with Gasteiger partial charge in [-0.25, -0.2) is 9.37 Å². The molecule has 0 fully saturated rings. The van der Waals surface area contributed by atoms with E-state index in [0.717, 1.165) is 10.0 Å². The van der Waals surface area contributed by atoms with E-state index >= 15 is 0 Å². The number of nitrogens with one attached hydrogen (secondary N) is 2. The predicted octanol–water partition coefficient (Wildman–Crippen LogP) is 3.17. The van der Waals surface area contributed by atoms with E-state index < -0.39 is 6.04 Å². The Bertz CT molecular complexity index is 825. The summed E-state index contributed by atoms with van der Waals surface area (Å²) in [4.78, 5) is 19.6. The molecule has 0 spiro atoms. The number of benzene rings is 1. The van der Waals surface area contributed by atoms with Gasteiger partial charge in [0.15, 0.2) is 0 Å². The largest absolute Gasteiger partial charge is 0.356 e. The second kappa shape index (κ2) is 6.37. The number of carbonyl (C=O) groups is 1. The van der Waals surface area contributed by atoms with Gasteiger partial charge >= 0.3 is 0 Å². The van der Waals surface area contributed by atoms with E-state index in [1.165, 1.54) is 12.1 Å². The maximum atomic E-state index is 13.2. The normalized spacial score (nSPS) is 12.1. The van der Waals surface area contributed by atoms with Gasteiger partial charge in [0.1, 0.15) is 23.4 Å². The number of H-pyrrole nitrogens is 1. The molecule has 1 aromatic carbocycles. The van der Waals surface area contributed by atoms with Gasteiger partial charge in [0.05, 0.1) is 0 Å². The Balaban J connectivity index is 1.94. The summed E-state index contributed by atoms with van der Waals surface area (Å²) in [6, 6.07) is 7.21. The highest BCUT2D eigenvalue weighted by Gasteiger charge is 2.22. The molecule has 1 atom stereocenters. The third-order valence-electron chi connectivity index (χ3n) is 3.49. The van der Waals surface area contributed by atoms with E-state index in [0.29, 0.717) is 11.5 Å². The summed E-state index contributed by atoms with van der Waals surface area (Å²) in [5.41, 5.74) is 1.18. The lowest BCUT2D eigenvalue weighted by Crippen LogP contribution is -2.31. The van der Waals surface area contributed by atoms with Crippen LogP contribution >= 0.6 is 15.9 Å². The molecule has 0 aliphatic rings. The third kappa shape index (κ3) is 3.34. The van der Waals surface area contributed by atoms with Crippen molar-refractivity contribution in [2.24, 2.45) is 7.05 Å². The zero-order chi connectivity index (χ0) is 16.4. The summed E-state index contributed by atoms with van der Waals surface area (Å²) in [5, 5.41) is 2.93. The zero-order valence-corrected chi connectivity index (χ0v) is 13.8. The number of halogens is 2. The highest BCUT2D eigenvalue weighted by molar-refractivity contribution is 9.10. The standard InChI is InChI=1S/C16H14BrFN4O/c1-22-7-6-19-15(22)14(10-2-4-12(18)5-3-10)21-16(23)13-8-11(17)9-20-13/h2-9,14,20H,1H3,(H,21,23). The van der Waals surface area contributed by atoms with Gasteiger partial charge in [-0.1, -0.05) is 12.1 Å². The molecule has 0 bridgehead atoms. The predicted molar refractivity (Wildman–Crippen MR) is 87.4 cm³/mol. The van der Waals surface area contributed by atoms with Crippen LogP contribution in [0.2, 0.25) is 0 Å². The van der Waals surface area contributed by atoms with Crippen molar-refractivity contribution in [2.75, 3.05) is 0 Å². The molecular formula is C16H14BrFN4O. The molecule has 0 saturated carbocycles. The number of hydrogen-bond acceptors (Lipinski definition) is 2. The molecule has 0 radical (unpaired) electrons. The summed E-state index contributed by atoms with van der Waals surface area (Å²) in [6.07, 6.45) is 5.13. The second-order valence-corrected chi connectivity index (χ2v) is 6.00. The van der Waals surface area contributed by atoms with Crippen molar-refractivity contribution in [1.29, 1.82) is 0 Å². The number of aryl methyl sites for hydroxylation is 1. The maximum absolute atomic E-state index is 13.2. The highest BCUT2D eigenvalue weighted by atomic mass is 79.9. The van der Waals surface area contributed by atoms with Gasteiger partial charge in [-0.15, -0.1) is 0 Å². The van der Waals surface area contributed by atoms with Crippen molar-refractivity contribution in [3.05, 3.63) is 76.3 Å². The number of nitrogens with zero attached hydrogens (tertiary/aromatic N) is 2. The van der Waals surface area contributed by atoms with Gasteiger partial charge < -0.3 is 14.9 Å². The molecular weight excluding hydrogens is 363 g/mol. The second-order valence-electron chi connectivity index (χ2n) is 5.09. The number of imidazole rings is 1. The average Bonchev–Trinajstić information content (AvgIpc) is 3.14. The minimum Gasteiger partial charge on any atom is -0.356 e. The van der Waals surface area contributed by atoms with E-state index in [1.54, 1.807) is 36.8 Å². The molecule has 23 heavy (non-hydrogen) atoms. The van der Waals surface area contributed by atoms with Gasteiger partial charge in [0, 0.05) is 30.1 Å². The maximum Gasteiger partial charge on any atom is 0.268 e. The molecule has 118 valence electrons. The van der Waals surface area contributed by atoms with Crippen LogP contribution in [-0.2, 0) is 7.05 Å². The molecule has 0 aliphatic heterocycles. The van der Waals surface area contributed by atoms with Crippen LogP contribution in [-0.4, -0.2) is 20.4 Å². The number of amides is 1. The summed E-state index contributed by atoms with van der Waals surface area (Å²) >= 11 is 3.30. The van der Waals surface area contributed by atoms with Crippen molar-refractivity contribution in [3.63, 3.8) is 0 Å². The molecule has 0 aliphatic carbocycles. The van der Waals surface area contributed by atoms with Crippen molar-refractivity contribution < 1.29 is 9.18 Å². The van der Waals surface area contributed by atoms with E-state index in [-0.39, 0.29) is 11.7 Å². The first-order valence-electron chi connectivity index (χ1n) is 6.92. The topological polar surface area (TPSA) is 62.7 Å². The van der Waals surface area contributed by atoms with Crippen LogP contribution in [0, 0.1) is 5.82 Å². The molecule has 5 nitrogen and oxygen atoms in total. The molecule has 2 heterocycles. The monoisotopic (exact) mass is 376 g/mol. The van der Waals surface area contributed by atoms with Crippen LogP contribution in [0.4, 0.5) is 4.39 Å². The van der Waals surface area contributed by atoms with E-state index in [1.807, 2.05) is 11.6 Å². The van der Waals surface area contributed by atoms with Crippen LogP contribution < -0.4 is 5.32 Å². The highest BCUT2D eigenvalue weighted by Crippen LogP contribution is 2.21. The zero-order valence-electron chi connectivity index (χ0n) is 12.3. The van der Waals surface area contributed by atoms with Gasteiger partial charge in [-0.3, -0.25) is 4.79 Å². The Morgan fingerprint density at radius 3 is 2.70 bits per heavy atom. The molecule has 7 heteroatoms. The molecule has 3 aromatic rings. The molecule has 0 saturated heterocycles. The summed E-state index contributed by atoms with van der Waals surface area (Å²) in [5.74, 6) is 0.0653. The minimum atomic E-state index is -0.481. The van der Waals surface area contributed by atoms with E-state index in [2.05, 4.69) is 31.2 Å². The number of aromatic nitrogens is 3. The summed E-state index contributed by atoms with van der Waals surface area (Å²) in [7, 11) is 1.84. The quantitative estimate of drug-likeness (QED) is 0.734. The lowest BCUT2D eigenvalue weighted by Gasteiger charge is -2.19. The summed E-state index contributed by atoms with van der Waals surface area (Å²) in [6.45, 7) is 0. The Kier molecular flexibility index (Phi) is 4.29. The van der Waals surface area contributed by atoms with Crippen molar-refractivity contribution in [3.8, 4) is 0 Å². The SMILES string of the molecule is Cn1ccnc1C(NC(=O)c1cc(Br)c[nH]1)c1ccc(F)cc1. The molecule has 1 unspecified atom stereocenters. The molecule has 2 aromatic heterocycles. The number of carbonyl (C=O) groups excluding carboxylic acids is 1. The van der Waals surface area contributed by atoms with Crippen molar-refractivity contribution >= 4 is 21.8 Å². The van der Waals surface area contributed by atoms with Crippen molar-refractivity contribution in [1.82, 2.24) is 19.9 Å². The van der Waals surface area contributed by atoms with Gasteiger partial charge in [0.25, 0.3) is 5.91 Å². The Morgan fingerprint density at radius 2 is 2.13 bits per heavy atom. The summed E-state index contributed by atoms with van der Waals surface area (Å²) < 4.78 is 15.8. The smallest absolute Gasteiger partial charge is 0.268 e. The Labute approximate surface area is 140 Å². The number of hydrogen-bond donors (Lipinski definition) is 2. The first kappa shape index (κ1) is 15.5. The van der Waals surface area contributed by atoms with Gasteiger partial charge in [0.2, 0.25) is 0 Å². The fraction of sp³-hybridized carbons (Fsp3) is 0.125. The lowest BCUT2D eigenvalue weighted by molar-refractivity contribution is 0.0936. The Morgan fingerprint density at radius 1 is 1.39 bits per heavy atom. The molecule has 1 amide bonds. The van der Waals surface area contributed by atoms with Crippen LogP contribution in [0.5, 0.6) is 0 Å². The molecule has 3 rings (SSSR count). The first-order valence-corrected chi connectivity index (χ1v) is 7.71. The number of aromatic amines is 1. The molecule has 2 N–H and O–H groups in total.